The highest BCUT2D eigenvalue weighted by Gasteiger charge is 2.27. The van der Waals surface area contributed by atoms with E-state index < -0.39 is 0 Å². The number of rotatable bonds is 9. The van der Waals surface area contributed by atoms with E-state index in [2.05, 4.69) is 31.7 Å². The maximum Gasteiger partial charge on any atom is 0.122 e. The number of benzene rings is 1. The fraction of sp³-hybridized carbons (Fsp3) is 0.647. The van der Waals surface area contributed by atoms with Gasteiger partial charge in [0.05, 0.1) is 14.2 Å². The largest absolute Gasteiger partial charge is 0.497 e. The summed E-state index contributed by atoms with van der Waals surface area (Å²) in [5.74, 6) is 1.75. The lowest BCUT2D eigenvalue weighted by molar-refractivity contribution is 0.179. The maximum atomic E-state index is 6.08. The molecule has 0 saturated carbocycles. The zero-order valence-electron chi connectivity index (χ0n) is 14.1. The highest BCUT2D eigenvalue weighted by Crippen LogP contribution is 2.31. The molecule has 0 aliphatic heterocycles. The van der Waals surface area contributed by atoms with Gasteiger partial charge < -0.3 is 20.1 Å². The lowest BCUT2D eigenvalue weighted by atomic mass is 9.82. The molecule has 0 bridgehead atoms. The van der Waals surface area contributed by atoms with Gasteiger partial charge in [-0.1, -0.05) is 20.8 Å². The minimum Gasteiger partial charge on any atom is -0.497 e. The SMILES string of the molecule is CCN(CC)CC(C)(CN)Cc1cc(OC)ccc1OC. The van der Waals surface area contributed by atoms with Crippen molar-refractivity contribution in [3.63, 3.8) is 0 Å². The molecule has 0 radical (unpaired) electrons. The van der Waals surface area contributed by atoms with Crippen molar-refractivity contribution < 1.29 is 9.47 Å². The van der Waals surface area contributed by atoms with Crippen LogP contribution in [0.25, 0.3) is 0 Å². The van der Waals surface area contributed by atoms with Crippen LogP contribution in [0.3, 0.4) is 0 Å². The Morgan fingerprint density at radius 3 is 2.29 bits per heavy atom. The lowest BCUT2D eigenvalue weighted by Gasteiger charge is -2.34. The summed E-state index contributed by atoms with van der Waals surface area (Å²) in [6.07, 6.45) is 0.875. The van der Waals surface area contributed by atoms with Crippen molar-refractivity contribution in [2.75, 3.05) is 40.4 Å². The Labute approximate surface area is 129 Å². The zero-order valence-corrected chi connectivity index (χ0v) is 14.1. The van der Waals surface area contributed by atoms with E-state index in [1.54, 1.807) is 14.2 Å². The molecular weight excluding hydrogens is 264 g/mol. The van der Waals surface area contributed by atoms with E-state index in [4.69, 9.17) is 15.2 Å². The summed E-state index contributed by atoms with van der Waals surface area (Å²) in [5, 5.41) is 0. The highest BCUT2D eigenvalue weighted by atomic mass is 16.5. The Morgan fingerprint density at radius 1 is 1.14 bits per heavy atom. The fourth-order valence-corrected chi connectivity index (χ4v) is 2.66. The van der Waals surface area contributed by atoms with Crippen molar-refractivity contribution in [2.24, 2.45) is 11.1 Å². The molecule has 120 valence electrons. The molecule has 0 fully saturated rings. The normalized spacial score (nSPS) is 14.0. The molecule has 1 aromatic rings. The van der Waals surface area contributed by atoms with Crippen molar-refractivity contribution in [1.82, 2.24) is 4.90 Å². The molecule has 4 nitrogen and oxygen atoms in total. The molecule has 0 spiro atoms. The van der Waals surface area contributed by atoms with E-state index in [-0.39, 0.29) is 5.41 Å². The summed E-state index contributed by atoms with van der Waals surface area (Å²) in [6.45, 7) is 10.3. The molecule has 0 amide bonds. The maximum absolute atomic E-state index is 6.08. The van der Waals surface area contributed by atoms with Crippen LogP contribution in [-0.4, -0.2) is 45.3 Å². The van der Waals surface area contributed by atoms with Crippen LogP contribution >= 0.6 is 0 Å². The van der Waals surface area contributed by atoms with E-state index in [0.29, 0.717) is 6.54 Å². The molecule has 21 heavy (non-hydrogen) atoms. The van der Waals surface area contributed by atoms with Gasteiger partial charge in [0.2, 0.25) is 0 Å². The molecule has 1 aromatic carbocycles. The van der Waals surface area contributed by atoms with Crippen LogP contribution in [0.4, 0.5) is 0 Å². The Morgan fingerprint density at radius 2 is 1.81 bits per heavy atom. The number of hydrogen-bond acceptors (Lipinski definition) is 4. The molecule has 0 aliphatic rings. The Kier molecular flexibility index (Phi) is 6.99. The highest BCUT2D eigenvalue weighted by molar-refractivity contribution is 5.41. The van der Waals surface area contributed by atoms with Crippen LogP contribution in [0.1, 0.15) is 26.3 Å². The molecule has 0 heterocycles. The Hall–Kier alpha value is -1.26. The second-order valence-electron chi connectivity index (χ2n) is 5.83. The van der Waals surface area contributed by atoms with Gasteiger partial charge in [-0.15, -0.1) is 0 Å². The summed E-state index contributed by atoms with van der Waals surface area (Å²) in [5.41, 5.74) is 7.25. The van der Waals surface area contributed by atoms with Gasteiger partial charge in [-0.25, -0.2) is 0 Å². The number of nitrogens with zero attached hydrogens (tertiary/aromatic N) is 1. The molecule has 0 aliphatic carbocycles. The van der Waals surface area contributed by atoms with Crippen LogP contribution in [0, 0.1) is 5.41 Å². The molecule has 4 heteroatoms. The Bertz CT molecular complexity index is 433. The van der Waals surface area contributed by atoms with Crippen LogP contribution in [0.5, 0.6) is 11.5 Å². The quantitative estimate of drug-likeness (QED) is 0.760. The standard InChI is InChI=1S/C17H30N2O2/c1-6-19(7-2)13-17(3,12-18)11-14-10-15(20-4)8-9-16(14)21-5/h8-10H,6-7,11-13,18H2,1-5H3. The summed E-state index contributed by atoms with van der Waals surface area (Å²) in [4.78, 5) is 2.42. The molecule has 2 N–H and O–H groups in total. The van der Waals surface area contributed by atoms with Crippen molar-refractivity contribution in [3.05, 3.63) is 23.8 Å². The summed E-state index contributed by atoms with van der Waals surface area (Å²) in [7, 11) is 3.39. The minimum atomic E-state index is 0.0195. The van der Waals surface area contributed by atoms with Crippen molar-refractivity contribution in [2.45, 2.75) is 27.2 Å². The van der Waals surface area contributed by atoms with Gasteiger partial charge in [-0.3, -0.25) is 0 Å². The predicted octanol–water partition coefficient (Wildman–Crippen LogP) is 2.55. The van der Waals surface area contributed by atoms with Crippen LogP contribution in [0.15, 0.2) is 18.2 Å². The van der Waals surface area contributed by atoms with E-state index >= 15 is 0 Å². The first-order valence-electron chi connectivity index (χ1n) is 7.65. The first-order chi connectivity index (χ1) is 10.0. The van der Waals surface area contributed by atoms with Gasteiger partial charge in [0.25, 0.3) is 0 Å². The average molecular weight is 294 g/mol. The summed E-state index contributed by atoms with van der Waals surface area (Å²) in [6, 6.07) is 5.93. The van der Waals surface area contributed by atoms with E-state index in [1.807, 2.05) is 12.1 Å². The first kappa shape index (κ1) is 17.8. The third kappa shape index (κ3) is 4.90. The molecular formula is C17H30N2O2. The number of ether oxygens (including phenoxy) is 2. The average Bonchev–Trinajstić information content (AvgIpc) is 2.52. The number of nitrogens with two attached hydrogens (primary N) is 1. The van der Waals surface area contributed by atoms with Crippen molar-refractivity contribution >= 4 is 0 Å². The van der Waals surface area contributed by atoms with E-state index in [9.17, 15) is 0 Å². The third-order valence-corrected chi connectivity index (χ3v) is 4.10. The van der Waals surface area contributed by atoms with Crippen molar-refractivity contribution in [1.29, 1.82) is 0 Å². The van der Waals surface area contributed by atoms with Crippen LogP contribution < -0.4 is 15.2 Å². The molecule has 1 unspecified atom stereocenters. The monoisotopic (exact) mass is 294 g/mol. The minimum absolute atomic E-state index is 0.0195. The topological polar surface area (TPSA) is 47.7 Å². The first-order valence-corrected chi connectivity index (χ1v) is 7.65. The van der Waals surface area contributed by atoms with E-state index in [1.165, 1.54) is 0 Å². The number of methoxy groups -OCH3 is 2. The van der Waals surface area contributed by atoms with Gasteiger partial charge in [0, 0.05) is 6.54 Å². The molecule has 1 atom stereocenters. The molecule has 0 aromatic heterocycles. The predicted molar refractivity (Wildman–Crippen MR) is 88.2 cm³/mol. The zero-order chi connectivity index (χ0) is 15.9. The van der Waals surface area contributed by atoms with Gasteiger partial charge >= 0.3 is 0 Å². The summed E-state index contributed by atoms with van der Waals surface area (Å²) >= 11 is 0. The van der Waals surface area contributed by atoms with Gasteiger partial charge in [0.15, 0.2) is 0 Å². The smallest absolute Gasteiger partial charge is 0.122 e. The van der Waals surface area contributed by atoms with Crippen LogP contribution in [0.2, 0.25) is 0 Å². The number of hydrogen-bond donors (Lipinski definition) is 1. The molecule has 0 saturated heterocycles. The van der Waals surface area contributed by atoms with Crippen LogP contribution in [-0.2, 0) is 6.42 Å². The van der Waals surface area contributed by atoms with Gasteiger partial charge in [0.1, 0.15) is 11.5 Å². The molecule has 1 rings (SSSR count). The summed E-state index contributed by atoms with van der Waals surface area (Å²) < 4.78 is 10.8. The van der Waals surface area contributed by atoms with Crippen molar-refractivity contribution in [3.8, 4) is 11.5 Å². The lowest BCUT2D eigenvalue weighted by Crippen LogP contribution is -2.42. The van der Waals surface area contributed by atoms with Gasteiger partial charge in [-0.2, -0.15) is 0 Å². The van der Waals surface area contributed by atoms with E-state index in [0.717, 1.165) is 43.1 Å². The fourth-order valence-electron chi connectivity index (χ4n) is 2.66. The second-order valence-corrected chi connectivity index (χ2v) is 5.83. The Balaban J connectivity index is 2.98. The second kappa shape index (κ2) is 8.25. The van der Waals surface area contributed by atoms with Gasteiger partial charge in [-0.05, 0) is 55.2 Å². The third-order valence-electron chi connectivity index (χ3n) is 4.10.